The van der Waals surface area contributed by atoms with Gasteiger partial charge in [0, 0.05) is 24.5 Å². The number of carboxylic acids is 1. The van der Waals surface area contributed by atoms with Crippen molar-refractivity contribution in [3.05, 3.63) is 46.6 Å². The number of hydrogen-bond donors (Lipinski definition) is 2. The van der Waals surface area contributed by atoms with Crippen molar-refractivity contribution in [2.75, 3.05) is 0 Å². The molecule has 2 heterocycles. The third kappa shape index (κ3) is 3.49. The van der Waals surface area contributed by atoms with Crippen LogP contribution in [0.25, 0.3) is 0 Å². The van der Waals surface area contributed by atoms with Gasteiger partial charge in [-0.15, -0.1) is 0 Å². The van der Waals surface area contributed by atoms with Crippen LogP contribution in [0.15, 0.2) is 44.6 Å². The Balaban J connectivity index is 2.29. The molecule has 21 heavy (non-hydrogen) atoms. The van der Waals surface area contributed by atoms with E-state index >= 15 is 0 Å². The van der Waals surface area contributed by atoms with Crippen molar-refractivity contribution in [3.63, 3.8) is 0 Å². The summed E-state index contributed by atoms with van der Waals surface area (Å²) >= 11 is 2.91. The van der Waals surface area contributed by atoms with E-state index in [9.17, 15) is 13.2 Å². The highest BCUT2D eigenvalue weighted by molar-refractivity contribution is 9.10. The maximum atomic E-state index is 12.3. The maximum Gasteiger partial charge on any atom is 0.371 e. The number of carbonyl (C=O) groups is 1. The van der Waals surface area contributed by atoms with Gasteiger partial charge in [0.25, 0.3) is 0 Å². The standard InChI is InChI=1S/C12H11BrN2O5S/c1-7(8-2-4-14-5-3-8)15-21(18,19)10-6-9(12(16)17)20-11(10)13/h2-7,15H,1H3,(H,16,17)/t7-/m1/s1. The van der Waals surface area contributed by atoms with Gasteiger partial charge in [0.1, 0.15) is 4.90 Å². The predicted octanol–water partition coefficient (Wildman–Crippen LogP) is 2.17. The van der Waals surface area contributed by atoms with Crippen LogP contribution in [-0.2, 0) is 10.0 Å². The first kappa shape index (κ1) is 15.7. The van der Waals surface area contributed by atoms with Gasteiger partial charge < -0.3 is 9.52 Å². The van der Waals surface area contributed by atoms with Crippen molar-refractivity contribution in [1.29, 1.82) is 0 Å². The van der Waals surface area contributed by atoms with Crippen LogP contribution in [0.4, 0.5) is 0 Å². The Morgan fingerprint density at radius 1 is 1.43 bits per heavy atom. The molecule has 0 aromatic carbocycles. The van der Waals surface area contributed by atoms with Gasteiger partial charge in [-0.3, -0.25) is 4.98 Å². The zero-order valence-electron chi connectivity index (χ0n) is 10.8. The molecule has 0 aliphatic heterocycles. The molecule has 0 saturated heterocycles. The molecule has 1 atom stereocenters. The topological polar surface area (TPSA) is 110 Å². The van der Waals surface area contributed by atoms with E-state index in [4.69, 9.17) is 9.52 Å². The average Bonchev–Trinajstić information content (AvgIpc) is 2.82. The first-order chi connectivity index (χ1) is 9.81. The number of aromatic nitrogens is 1. The zero-order chi connectivity index (χ0) is 15.6. The van der Waals surface area contributed by atoms with E-state index in [1.165, 1.54) is 0 Å². The fourth-order valence-corrected chi connectivity index (χ4v) is 3.83. The molecule has 0 saturated carbocycles. The van der Waals surface area contributed by atoms with Crippen LogP contribution in [0.2, 0.25) is 0 Å². The minimum atomic E-state index is -3.93. The molecule has 2 aromatic rings. The Labute approximate surface area is 129 Å². The third-order valence-corrected chi connectivity index (χ3v) is 5.09. The van der Waals surface area contributed by atoms with Crippen molar-refractivity contribution in [2.45, 2.75) is 17.9 Å². The number of nitrogens with zero attached hydrogens (tertiary/aromatic N) is 1. The molecule has 7 nitrogen and oxygen atoms in total. The Morgan fingerprint density at radius 3 is 2.57 bits per heavy atom. The van der Waals surface area contributed by atoms with Crippen molar-refractivity contribution >= 4 is 31.9 Å². The number of hydrogen-bond acceptors (Lipinski definition) is 5. The molecule has 112 valence electrons. The molecule has 0 amide bonds. The van der Waals surface area contributed by atoms with Crippen LogP contribution >= 0.6 is 15.9 Å². The summed E-state index contributed by atoms with van der Waals surface area (Å²) < 4.78 is 31.6. The van der Waals surface area contributed by atoms with Gasteiger partial charge in [-0.2, -0.15) is 0 Å². The van der Waals surface area contributed by atoms with Gasteiger partial charge in [-0.05, 0) is 40.5 Å². The van der Waals surface area contributed by atoms with Gasteiger partial charge in [-0.1, -0.05) is 0 Å². The monoisotopic (exact) mass is 374 g/mol. The van der Waals surface area contributed by atoms with E-state index < -0.39 is 27.8 Å². The summed E-state index contributed by atoms with van der Waals surface area (Å²) in [6.45, 7) is 1.67. The summed E-state index contributed by atoms with van der Waals surface area (Å²) in [5.74, 6) is -1.81. The van der Waals surface area contributed by atoms with Gasteiger partial charge in [0.15, 0.2) is 4.67 Å². The minimum Gasteiger partial charge on any atom is -0.475 e. The van der Waals surface area contributed by atoms with Gasteiger partial charge >= 0.3 is 5.97 Å². The first-order valence-electron chi connectivity index (χ1n) is 5.76. The van der Waals surface area contributed by atoms with Gasteiger partial charge in [0.05, 0.1) is 0 Å². The molecule has 0 aliphatic rings. The lowest BCUT2D eigenvalue weighted by atomic mass is 10.1. The Morgan fingerprint density at radius 2 is 2.05 bits per heavy atom. The van der Waals surface area contributed by atoms with Crippen LogP contribution in [-0.4, -0.2) is 24.5 Å². The zero-order valence-corrected chi connectivity index (χ0v) is 13.2. The van der Waals surface area contributed by atoms with Crippen molar-refractivity contribution in [3.8, 4) is 0 Å². The molecule has 0 aliphatic carbocycles. The second kappa shape index (κ2) is 5.96. The molecule has 2 N–H and O–H groups in total. The van der Waals surface area contributed by atoms with E-state index in [0.29, 0.717) is 0 Å². The maximum absolute atomic E-state index is 12.3. The summed E-state index contributed by atoms with van der Waals surface area (Å²) in [5.41, 5.74) is 0.728. The quantitative estimate of drug-likeness (QED) is 0.829. The molecular weight excluding hydrogens is 364 g/mol. The summed E-state index contributed by atoms with van der Waals surface area (Å²) in [6.07, 6.45) is 3.10. The lowest BCUT2D eigenvalue weighted by Crippen LogP contribution is -2.26. The van der Waals surface area contributed by atoms with Gasteiger partial charge in [-0.25, -0.2) is 17.9 Å². The van der Waals surface area contributed by atoms with E-state index in [2.05, 4.69) is 25.6 Å². The number of pyridine rings is 1. The molecule has 2 aromatic heterocycles. The van der Waals surface area contributed by atoms with E-state index in [0.717, 1.165) is 11.6 Å². The van der Waals surface area contributed by atoms with E-state index in [-0.39, 0.29) is 9.56 Å². The van der Waals surface area contributed by atoms with Crippen LogP contribution < -0.4 is 4.72 Å². The summed E-state index contributed by atoms with van der Waals surface area (Å²) in [6, 6.07) is 3.81. The molecule has 0 unspecified atom stereocenters. The Bertz CT molecular complexity index is 757. The average molecular weight is 375 g/mol. The highest BCUT2D eigenvalue weighted by atomic mass is 79.9. The molecule has 0 spiro atoms. The Kier molecular flexibility index (Phi) is 4.45. The van der Waals surface area contributed by atoms with Gasteiger partial charge in [0.2, 0.25) is 15.8 Å². The molecule has 0 fully saturated rings. The first-order valence-corrected chi connectivity index (χ1v) is 8.04. The highest BCUT2D eigenvalue weighted by Gasteiger charge is 2.26. The fraction of sp³-hybridized carbons (Fsp3) is 0.167. The van der Waals surface area contributed by atoms with Crippen LogP contribution in [0.5, 0.6) is 0 Å². The Hall–Kier alpha value is -1.71. The van der Waals surface area contributed by atoms with Crippen LogP contribution in [0.3, 0.4) is 0 Å². The highest BCUT2D eigenvalue weighted by Crippen LogP contribution is 2.27. The van der Waals surface area contributed by atoms with Crippen molar-refractivity contribution < 1.29 is 22.7 Å². The summed E-state index contributed by atoms with van der Waals surface area (Å²) in [4.78, 5) is 14.4. The van der Waals surface area contributed by atoms with Crippen molar-refractivity contribution in [2.24, 2.45) is 0 Å². The number of rotatable bonds is 5. The summed E-state index contributed by atoms with van der Waals surface area (Å²) in [5, 5.41) is 8.81. The number of sulfonamides is 1. The lowest BCUT2D eigenvalue weighted by molar-refractivity contribution is 0.0661. The van der Waals surface area contributed by atoms with E-state index in [1.807, 2.05) is 0 Å². The lowest BCUT2D eigenvalue weighted by Gasteiger charge is -2.13. The van der Waals surface area contributed by atoms with Crippen LogP contribution in [0.1, 0.15) is 29.1 Å². The molecular formula is C12H11BrN2O5S. The van der Waals surface area contributed by atoms with Crippen molar-refractivity contribution in [1.82, 2.24) is 9.71 Å². The molecule has 0 bridgehead atoms. The number of furan rings is 1. The molecule has 0 radical (unpaired) electrons. The summed E-state index contributed by atoms with van der Waals surface area (Å²) in [7, 11) is -3.93. The second-order valence-corrected chi connectivity index (χ2v) is 6.58. The SMILES string of the molecule is C[C@@H](NS(=O)(=O)c1cc(C(=O)O)oc1Br)c1ccncc1. The number of carboxylic acid groups (broad SMARTS) is 1. The normalized spacial score (nSPS) is 13.0. The molecule has 9 heteroatoms. The number of nitrogens with one attached hydrogen (secondary N) is 1. The number of aromatic carboxylic acids is 1. The second-order valence-electron chi connectivity index (χ2n) is 4.18. The minimum absolute atomic E-state index is 0.158. The largest absolute Gasteiger partial charge is 0.475 e. The number of halogens is 1. The van der Waals surface area contributed by atoms with Crippen LogP contribution in [0, 0.1) is 0 Å². The van der Waals surface area contributed by atoms with E-state index in [1.54, 1.807) is 31.5 Å². The smallest absolute Gasteiger partial charge is 0.371 e. The molecule has 2 rings (SSSR count). The predicted molar refractivity (Wildman–Crippen MR) is 76.3 cm³/mol. The fourth-order valence-electron chi connectivity index (χ4n) is 1.66. The third-order valence-electron chi connectivity index (χ3n) is 2.69.